The minimum absolute atomic E-state index is 0.210. The molecule has 3 heteroatoms. The first kappa shape index (κ1) is 9.64. The summed E-state index contributed by atoms with van der Waals surface area (Å²) in [6, 6.07) is 7.14. The van der Waals surface area contributed by atoms with Gasteiger partial charge in [0, 0.05) is 4.47 Å². The van der Waals surface area contributed by atoms with Crippen molar-refractivity contribution in [2.45, 2.75) is 0 Å². The third-order valence-electron chi connectivity index (χ3n) is 1.32. The molecule has 0 unspecified atom stereocenters. The molecule has 1 aromatic carbocycles. The van der Waals surface area contributed by atoms with E-state index in [0.29, 0.717) is 11.3 Å². The van der Waals surface area contributed by atoms with Crippen molar-refractivity contribution in [1.29, 1.82) is 5.26 Å². The molecule has 0 radical (unpaired) electrons. The third-order valence-corrected chi connectivity index (χ3v) is 1.78. The lowest BCUT2D eigenvalue weighted by molar-refractivity contribution is 0.370. The molecule has 0 saturated heterocycles. The van der Waals surface area contributed by atoms with Crippen LogP contribution in [0.25, 0.3) is 0 Å². The number of ether oxygens (including phenoxy) is 1. The van der Waals surface area contributed by atoms with E-state index in [9.17, 15) is 0 Å². The number of halogens is 1. The third kappa shape index (κ3) is 2.82. The molecule has 1 rings (SSSR count). The maximum Gasteiger partial charge on any atom is 0.148 e. The Kier molecular flexibility index (Phi) is 3.37. The average molecular weight is 236 g/mol. The van der Waals surface area contributed by atoms with Gasteiger partial charge in [-0.2, -0.15) is 5.26 Å². The van der Waals surface area contributed by atoms with Crippen LogP contribution < -0.4 is 4.74 Å². The molecule has 0 aliphatic rings. The SMILES string of the molecule is C#CCOc1cc(Br)cc(C#N)c1. The second kappa shape index (κ2) is 4.54. The number of hydrogen-bond acceptors (Lipinski definition) is 2. The standard InChI is InChI=1S/C10H6BrNO/c1-2-3-13-10-5-8(7-12)4-9(11)6-10/h1,4-6H,3H2. The van der Waals surface area contributed by atoms with Gasteiger partial charge in [-0.25, -0.2) is 0 Å². The van der Waals surface area contributed by atoms with Crippen LogP contribution in [0.1, 0.15) is 5.56 Å². The van der Waals surface area contributed by atoms with Gasteiger partial charge in [0.25, 0.3) is 0 Å². The van der Waals surface area contributed by atoms with Gasteiger partial charge >= 0.3 is 0 Å². The maximum atomic E-state index is 8.65. The van der Waals surface area contributed by atoms with E-state index in [2.05, 4.69) is 21.9 Å². The fraction of sp³-hybridized carbons (Fsp3) is 0.100. The summed E-state index contributed by atoms with van der Waals surface area (Å²) < 4.78 is 5.97. The van der Waals surface area contributed by atoms with Crippen LogP contribution in [0.4, 0.5) is 0 Å². The van der Waals surface area contributed by atoms with E-state index in [1.807, 2.05) is 6.07 Å². The molecular weight excluding hydrogens is 230 g/mol. The van der Waals surface area contributed by atoms with E-state index < -0.39 is 0 Å². The fourth-order valence-corrected chi connectivity index (χ4v) is 1.31. The van der Waals surface area contributed by atoms with Gasteiger partial charge in [-0.15, -0.1) is 6.42 Å². The molecule has 0 aliphatic heterocycles. The summed E-state index contributed by atoms with van der Waals surface area (Å²) in [6.07, 6.45) is 5.03. The minimum atomic E-state index is 0.210. The summed E-state index contributed by atoms with van der Waals surface area (Å²) in [4.78, 5) is 0. The van der Waals surface area contributed by atoms with Crippen molar-refractivity contribution >= 4 is 15.9 Å². The predicted molar refractivity (Wildman–Crippen MR) is 53.2 cm³/mol. The Morgan fingerprint density at radius 2 is 2.23 bits per heavy atom. The van der Waals surface area contributed by atoms with Crippen molar-refractivity contribution in [3.8, 4) is 24.2 Å². The van der Waals surface area contributed by atoms with Gasteiger partial charge in [-0.1, -0.05) is 21.9 Å². The first-order chi connectivity index (χ1) is 6.26. The van der Waals surface area contributed by atoms with E-state index in [4.69, 9.17) is 16.4 Å². The van der Waals surface area contributed by atoms with Crippen molar-refractivity contribution in [1.82, 2.24) is 0 Å². The van der Waals surface area contributed by atoms with Crippen LogP contribution in [0.15, 0.2) is 22.7 Å². The Hall–Kier alpha value is -1.45. The summed E-state index contributed by atoms with van der Waals surface area (Å²) in [5, 5.41) is 8.65. The van der Waals surface area contributed by atoms with Crippen LogP contribution in [0.5, 0.6) is 5.75 Å². The molecule has 13 heavy (non-hydrogen) atoms. The number of rotatable bonds is 2. The molecule has 0 saturated carbocycles. The molecule has 0 fully saturated rings. The first-order valence-corrected chi connectivity index (χ1v) is 4.32. The van der Waals surface area contributed by atoms with Gasteiger partial charge < -0.3 is 4.74 Å². The van der Waals surface area contributed by atoms with Crippen molar-refractivity contribution in [3.63, 3.8) is 0 Å². The van der Waals surface area contributed by atoms with Crippen molar-refractivity contribution < 1.29 is 4.74 Å². The first-order valence-electron chi connectivity index (χ1n) is 3.53. The smallest absolute Gasteiger partial charge is 0.148 e. The number of benzene rings is 1. The molecule has 0 atom stereocenters. The molecule has 0 bridgehead atoms. The lowest BCUT2D eigenvalue weighted by atomic mass is 10.2. The van der Waals surface area contributed by atoms with Crippen molar-refractivity contribution in [2.24, 2.45) is 0 Å². The molecule has 0 N–H and O–H groups in total. The van der Waals surface area contributed by atoms with E-state index >= 15 is 0 Å². The normalized spacial score (nSPS) is 8.54. The molecule has 0 aromatic heterocycles. The van der Waals surface area contributed by atoms with Gasteiger partial charge in [0.2, 0.25) is 0 Å². The molecule has 1 aromatic rings. The van der Waals surface area contributed by atoms with E-state index in [1.54, 1.807) is 18.2 Å². The van der Waals surface area contributed by atoms with E-state index in [0.717, 1.165) is 4.47 Å². The van der Waals surface area contributed by atoms with E-state index in [-0.39, 0.29) is 6.61 Å². The highest BCUT2D eigenvalue weighted by atomic mass is 79.9. The van der Waals surface area contributed by atoms with Crippen molar-refractivity contribution in [3.05, 3.63) is 28.2 Å². The number of nitrogens with zero attached hydrogens (tertiary/aromatic N) is 1. The lowest BCUT2D eigenvalue weighted by Gasteiger charge is -2.02. The number of nitriles is 1. The van der Waals surface area contributed by atoms with E-state index in [1.165, 1.54) is 0 Å². The van der Waals surface area contributed by atoms with Crippen LogP contribution >= 0.6 is 15.9 Å². The Balaban J connectivity index is 2.91. The summed E-state index contributed by atoms with van der Waals surface area (Å²) in [7, 11) is 0. The second-order valence-electron chi connectivity index (χ2n) is 2.28. The largest absolute Gasteiger partial charge is 0.481 e. The van der Waals surface area contributed by atoms with Crippen LogP contribution in [0.3, 0.4) is 0 Å². The Labute approximate surface area is 85.3 Å². The van der Waals surface area contributed by atoms with Crippen molar-refractivity contribution in [2.75, 3.05) is 6.61 Å². The summed E-state index contributed by atoms with van der Waals surface area (Å²) in [6.45, 7) is 0.210. The molecule has 0 heterocycles. The van der Waals surface area contributed by atoms with Crippen LogP contribution in [-0.2, 0) is 0 Å². The Morgan fingerprint density at radius 1 is 1.46 bits per heavy atom. The molecular formula is C10H6BrNO. The highest BCUT2D eigenvalue weighted by Gasteiger charge is 1.98. The van der Waals surface area contributed by atoms with Crippen LogP contribution in [0.2, 0.25) is 0 Å². The summed E-state index contributed by atoms with van der Waals surface area (Å²) in [5.74, 6) is 2.95. The topological polar surface area (TPSA) is 33.0 Å². The fourth-order valence-electron chi connectivity index (χ4n) is 0.836. The van der Waals surface area contributed by atoms with Crippen LogP contribution in [0, 0.1) is 23.7 Å². The second-order valence-corrected chi connectivity index (χ2v) is 3.20. The van der Waals surface area contributed by atoms with Crippen LogP contribution in [-0.4, -0.2) is 6.61 Å². The number of hydrogen-bond donors (Lipinski definition) is 0. The van der Waals surface area contributed by atoms with Gasteiger partial charge in [-0.05, 0) is 18.2 Å². The monoisotopic (exact) mass is 235 g/mol. The Morgan fingerprint density at radius 3 is 2.85 bits per heavy atom. The maximum absolute atomic E-state index is 8.65. The summed E-state index contributed by atoms with van der Waals surface area (Å²) >= 11 is 3.26. The Bertz CT molecular complexity index is 387. The van der Waals surface area contributed by atoms with Gasteiger partial charge in [0.15, 0.2) is 0 Å². The number of terminal acetylenes is 1. The minimum Gasteiger partial charge on any atom is -0.481 e. The molecule has 0 amide bonds. The highest BCUT2D eigenvalue weighted by Crippen LogP contribution is 2.20. The molecule has 0 spiro atoms. The molecule has 0 aliphatic carbocycles. The molecule has 64 valence electrons. The highest BCUT2D eigenvalue weighted by molar-refractivity contribution is 9.10. The zero-order valence-electron chi connectivity index (χ0n) is 6.75. The average Bonchev–Trinajstić information content (AvgIpc) is 2.14. The zero-order valence-corrected chi connectivity index (χ0v) is 8.34. The van der Waals surface area contributed by atoms with Gasteiger partial charge in [0.1, 0.15) is 12.4 Å². The predicted octanol–water partition coefficient (Wildman–Crippen LogP) is 2.33. The lowest BCUT2D eigenvalue weighted by Crippen LogP contribution is -1.93. The zero-order chi connectivity index (χ0) is 9.68. The quantitative estimate of drug-likeness (QED) is 0.738. The van der Waals surface area contributed by atoms with Gasteiger partial charge in [-0.3, -0.25) is 0 Å². The van der Waals surface area contributed by atoms with Gasteiger partial charge in [0.05, 0.1) is 11.6 Å². The molecule has 2 nitrogen and oxygen atoms in total. The summed E-state index contributed by atoms with van der Waals surface area (Å²) in [5.41, 5.74) is 0.543.